The maximum atomic E-state index is 12.4. The third kappa shape index (κ3) is 3.26. The number of sulfonamides is 1. The van der Waals surface area contributed by atoms with Gasteiger partial charge >= 0.3 is 0 Å². The largest absolute Gasteiger partial charge is 0.326 e. The first-order valence-corrected chi connectivity index (χ1v) is 8.90. The lowest BCUT2D eigenvalue weighted by Crippen LogP contribution is -2.30. The summed E-state index contributed by atoms with van der Waals surface area (Å²) < 4.78 is 26.7. The van der Waals surface area contributed by atoms with Gasteiger partial charge in [-0.15, -0.1) is 0 Å². The first kappa shape index (κ1) is 17.5. The van der Waals surface area contributed by atoms with Crippen LogP contribution in [0.25, 0.3) is 0 Å². The average molecular weight is 375 g/mol. The van der Waals surface area contributed by atoms with Gasteiger partial charge in [-0.1, -0.05) is 0 Å². The van der Waals surface area contributed by atoms with Gasteiger partial charge in [-0.2, -0.15) is 0 Å². The Morgan fingerprint density at radius 3 is 2.62 bits per heavy atom. The van der Waals surface area contributed by atoms with E-state index in [0.29, 0.717) is 11.3 Å². The van der Waals surface area contributed by atoms with Crippen LogP contribution < -0.4 is 10.0 Å². The molecule has 10 heteroatoms. The lowest BCUT2D eigenvalue weighted by Gasteiger charge is -2.09. The van der Waals surface area contributed by atoms with E-state index in [0.717, 1.165) is 6.07 Å². The molecule has 0 aromatic heterocycles. The third-order valence-electron chi connectivity index (χ3n) is 3.89. The Morgan fingerprint density at radius 1 is 1.23 bits per heavy atom. The van der Waals surface area contributed by atoms with E-state index in [1.807, 2.05) is 4.72 Å². The number of fused-ring (bicyclic) bond motifs is 1. The number of nitro benzene ring substituents is 1. The number of carbonyl (C=O) groups is 2. The summed E-state index contributed by atoms with van der Waals surface area (Å²) in [7, 11) is -4.16. The van der Waals surface area contributed by atoms with Gasteiger partial charge in [0.15, 0.2) is 0 Å². The minimum absolute atomic E-state index is 0.0188. The first-order valence-electron chi connectivity index (χ1n) is 7.42. The molecule has 2 aromatic carbocycles. The van der Waals surface area contributed by atoms with Crippen LogP contribution in [0.1, 0.15) is 21.5 Å². The van der Waals surface area contributed by atoms with Crippen LogP contribution in [0, 0.1) is 17.0 Å². The highest BCUT2D eigenvalue weighted by Crippen LogP contribution is 2.26. The Bertz CT molecular complexity index is 1060. The van der Waals surface area contributed by atoms with Gasteiger partial charge in [0.25, 0.3) is 21.6 Å². The number of anilines is 1. The number of nitro groups is 1. The van der Waals surface area contributed by atoms with E-state index in [-0.39, 0.29) is 34.0 Å². The molecule has 1 heterocycles. The fourth-order valence-corrected chi connectivity index (χ4v) is 3.64. The lowest BCUT2D eigenvalue weighted by molar-refractivity contribution is -0.385. The Morgan fingerprint density at radius 2 is 1.96 bits per heavy atom. The van der Waals surface area contributed by atoms with Crippen LogP contribution in [0.15, 0.2) is 41.3 Å². The van der Waals surface area contributed by atoms with E-state index >= 15 is 0 Å². The average Bonchev–Trinajstić information content (AvgIpc) is 2.93. The molecule has 0 spiro atoms. The van der Waals surface area contributed by atoms with Crippen LogP contribution in [0.3, 0.4) is 0 Å². The summed E-state index contributed by atoms with van der Waals surface area (Å²) >= 11 is 0. The van der Waals surface area contributed by atoms with Crippen molar-refractivity contribution in [1.82, 2.24) is 4.72 Å². The summed E-state index contributed by atoms with van der Waals surface area (Å²) in [6.07, 6.45) is 0.0637. The van der Waals surface area contributed by atoms with Gasteiger partial charge in [-0.05, 0) is 42.8 Å². The SMILES string of the molecule is Cc1cc(C(=O)NS(=O)(=O)c2ccc3c(c2)CC(=O)N3)ccc1[N+](=O)[O-]. The molecule has 2 amide bonds. The molecule has 1 aliphatic rings. The molecule has 26 heavy (non-hydrogen) atoms. The summed E-state index contributed by atoms with van der Waals surface area (Å²) in [6.45, 7) is 1.45. The van der Waals surface area contributed by atoms with Crippen molar-refractivity contribution in [3.63, 3.8) is 0 Å². The number of rotatable bonds is 4. The second-order valence-electron chi connectivity index (χ2n) is 5.74. The molecule has 0 radical (unpaired) electrons. The zero-order valence-electron chi connectivity index (χ0n) is 13.5. The fraction of sp³-hybridized carbons (Fsp3) is 0.125. The molecule has 2 aromatic rings. The highest BCUT2D eigenvalue weighted by Gasteiger charge is 2.24. The van der Waals surface area contributed by atoms with E-state index in [9.17, 15) is 28.1 Å². The van der Waals surface area contributed by atoms with Gasteiger partial charge in [0.1, 0.15) is 0 Å². The molecule has 2 N–H and O–H groups in total. The van der Waals surface area contributed by atoms with E-state index in [1.54, 1.807) is 0 Å². The highest BCUT2D eigenvalue weighted by atomic mass is 32.2. The number of hydrogen-bond donors (Lipinski definition) is 2. The molecule has 0 aliphatic carbocycles. The lowest BCUT2D eigenvalue weighted by atomic mass is 10.1. The molecule has 3 rings (SSSR count). The predicted octanol–water partition coefficient (Wildman–Crippen LogP) is 1.52. The highest BCUT2D eigenvalue weighted by molar-refractivity contribution is 7.90. The second kappa shape index (κ2) is 6.23. The van der Waals surface area contributed by atoms with E-state index in [2.05, 4.69) is 5.32 Å². The number of amides is 2. The van der Waals surface area contributed by atoms with Crippen LogP contribution >= 0.6 is 0 Å². The van der Waals surface area contributed by atoms with Crippen LogP contribution in [-0.2, 0) is 21.2 Å². The molecule has 0 saturated heterocycles. The topological polar surface area (TPSA) is 135 Å². The molecule has 0 saturated carbocycles. The Labute approximate surface area is 148 Å². The monoisotopic (exact) mass is 375 g/mol. The Kier molecular flexibility index (Phi) is 4.20. The predicted molar refractivity (Wildman–Crippen MR) is 91.3 cm³/mol. The summed E-state index contributed by atoms with van der Waals surface area (Å²) in [5.74, 6) is -1.14. The second-order valence-corrected chi connectivity index (χ2v) is 7.42. The number of hydrogen-bond acceptors (Lipinski definition) is 6. The van der Waals surface area contributed by atoms with Crippen LogP contribution in [0.5, 0.6) is 0 Å². The van der Waals surface area contributed by atoms with E-state index in [4.69, 9.17) is 0 Å². The zero-order chi connectivity index (χ0) is 19.1. The summed E-state index contributed by atoms with van der Waals surface area (Å²) in [5, 5.41) is 13.4. The molecule has 134 valence electrons. The molecule has 1 aliphatic heterocycles. The number of aryl methyl sites for hydroxylation is 1. The van der Waals surface area contributed by atoms with E-state index < -0.39 is 20.9 Å². The standard InChI is InChI=1S/C16H13N3O6S/c1-9-6-10(2-5-14(9)19(22)23)16(21)18-26(24,25)12-3-4-13-11(7-12)8-15(20)17-13/h2-7H,8H2,1H3,(H,17,20)(H,18,21). The van der Waals surface area contributed by atoms with Gasteiger partial charge < -0.3 is 5.32 Å². The smallest absolute Gasteiger partial charge is 0.272 e. The van der Waals surface area contributed by atoms with Gasteiger partial charge in [-0.25, -0.2) is 13.1 Å². The number of benzene rings is 2. The number of nitrogens with zero attached hydrogens (tertiary/aromatic N) is 1. The summed E-state index contributed by atoms with van der Waals surface area (Å²) in [4.78, 5) is 33.6. The molecule has 0 bridgehead atoms. The van der Waals surface area contributed by atoms with Crippen molar-refractivity contribution in [2.75, 3.05) is 5.32 Å². The number of carbonyl (C=O) groups excluding carboxylic acids is 2. The molecule has 0 unspecified atom stereocenters. The van der Waals surface area contributed by atoms with Gasteiger partial charge in [-0.3, -0.25) is 19.7 Å². The molecule has 0 atom stereocenters. The molecular formula is C16H13N3O6S. The van der Waals surface area contributed by atoms with Crippen molar-refractivity contribution >= 4 is 33.2 Å². The van der Waals surface area contributed by atoms with Crippen molar-refractivity contribution in [1.29, 1.82) is 0 Å². The molecule has 0 fully saturated rings. The molecule has 9 nitrogen and oxygen atoms in total. The van der Waals surface area contributed by atoms with Crippen molar-refractivity contribution < 1.29 is 22.9 Å². The minimum Gasteiger partial charge on any atom is -0.326 e. The first-order chi connectivity index (χ1) is 12.2. The van der Waals surface area contributed by atoms with Gasteiger partial charge in [0.05, 0.1) is 16.2 Å². The van der Waals surface area contributed by atoms with Crippen LogP contribution in [0.2, 0.25) is 0 Å². The van der Waals surface area contributed by atoms with E-state index in [1.165, 1.54) is 37.3 Å². The number of nitrogens with one attached hydrogen (secondary N) is 2. The quantitative estimate of drug-likeness (QED) is 0.614. The minimum atomic E-state index is -4.16. The summed E-state index contributed by atoms with van der Waals surface area (Å²) in [6, 6.07) is 7.62. The van der Waals surface area contributed by atoms with Crippen LogP contribution in [0.4, 0.5) is 11.4 Å². The summed E-state index contributed by atoms with van der Waals surface area (Å²) in [5.41, 5.74) is 1.11. The molecular weight excluding hydrogens is 362 g/mol. The van der Waals surface area contributed by atoms with Gasteiger partial charge in [0.2, 0.25) is 5.91 Å². The third-order valence-corrected chi connectivity index (χ3v) is 5.22. The Balaban J connectivity index is 1.85. The maximum absolute atomic E-state index is 12.4. The van der Waals surface area contributed by atoms with Crippen molar-refractivity contribution in [2.24, 2.45) is 0 Å². The van der Waals surface area contributed by atoms with Crippen molar-refractivity contribution in [3.8, 4) is 0 Å². The van der Waals surface area contributed by atoms with Crippen LogP contribution in [-0.4, -0.2) is 25.2 Å². The van der Waals surface area contributed by atoms with Gasteiger partial charge in [0, 0.05) is 22.9 Å². The fourth-order valence-electron chi connectivity index (χ4n) is 2.61. The van der Waals surface area contributed by atoms with Crippen molar-refractivity contribution in [3.05, 3.63) is 63.2 Å². The Hall–Kier alpha value is -3.27. The van der Waals surface area contributed by atoms with Crippen molar-refractivity contribution in [2.45, 2.75) is 18.2 Å². The maximum Gasteiger partial charge on any atom is 0.272 e. The normalized spacial score (nSPS) is 13.0. The zero-order valence-corrected chi connectivity index (χ0v) is 14.3.